The Balaban J connectivity index is 2.22. The zero-order chi connectivity index (χ0) is 11.3. The van der Waals surface area contributed by atoms with Crippen molar-refractivity contribution in [1.29, 1.82) is 0 Å². The highest BCUT2D eigenvalue weighted by Crippen LogP contribution is 2.14. The number of rotatable bonds is 5. The number of morpholine rings is 1. The molecular formula is C12H24ClNO. The van der Waals surface area contributed by atoms with Crippen LogP contribution in [0.15, 0.2) is 0 Å². The van der Waals surface area contributed by atoms with Crippen molar-refractivity contribution in [2.45, 2.75) is 45.8 Å². The molecule has 0 bridgehead atoms. The minimum Gasteiger partial charge on any atom is -0.371 e. The summed E-state index contributed by atoms with van der Waals surface area (Å²) < 4.78 is 5.72. The summed E-state index contributed by atoms with van der Waals surface area (Å²) in [5.74, 6) is 1.43. The molecule has 15 heavy (non-hydrogen) atoms. The van der Waals surface area contributed by atoms with E-state index in [0.29, 0.717) is 12.0 Å². The second kappa shape index (κ2) is 6.72. The molecule has 2 nitrogen and oxygen atoms in total. The highest BCUT2D eigenvalue weighted by Gasteiger charge is 2.23. The van der Waals surface area contributed by atoms with Gasteiger partial charge in [0.15, 0.2) is 0 Å². The lowest BCUT2D eigenvalue weighted by Gasteiger charge is -2.36. The largest absolute Gasteiger partial charge is 0.371 e. The average molecular weight is 234 g/mol. The summed E-state index contributed by atoms with van der Waals surface area (Å²) in [6, 6.07) is 0. The number of hydrogen-bond donors (Lipinski definition) is 0. The van der Waals surface area contributed by atoms with Gasteiger partial charge in [-0.05, 0) is 32.2 Å². The molecule has 1 aliphatic rings. The first-order chi connectivity index (χ1) is 7.11. The number of hydrogen-bond acceptors (Lipinski definition) is 2. The fourth-order valence-electron chi connectivity index (χ4n) is 2.13. The quantitative estimate of drug-likeness (QED) is 0.678. The maximum absolute atomic E-state index is 5.84. The first-order valence-electron chi connectivity index (χ1n) is 6.05. The minimum atomic E-state index is 0.231. The van der Waals surface area contributed by atoms with Crippen LogP contribution in [0.25, 0.3) is 0 Å². The van der Waals surface area contributed by atoms with Crippen LogP contribution in [0.5, 0.6) is 0 Å². The van der Waals surface area contributed by atoms with Crippen molar-refractivity contribution in [2.75, 3.05) is 25.5 Å². The topological polar surface area (TPSA) is 12.5 Å². The van der Waals surface area contributed by atoms with Crippen LogP contribution < -0.4 is 0 Å². The van der Waals surface area contributed by atoms with Gasteiger partial charge in [-0.2, -0.15) is 0 Å². The molecule has 90 valence electrons. The Hall–Kier alpha value is 0.210. The second-order valence-corrected chi connectivity index (χ2v) is 5.33. The van der Waals surface area contributed by atoms with E-state index in [-0.39, 0.29) is 6.10 Å². The van der Waals surface area contributed by atoms with E-state index in [4.69, 9.17) is 16.3 Å². The fourth-order valence-corrected chi connectivity index (χ4v) is 2.30. The maximum atomic E-state index is 5.84. The third-order valence-corrected chi connectivity index (χ3v) is 3.17. The van der Waals surface area contributed by atoms with Crippen LogP contribution in [0.2, 0.25) is 0 Å². The summed E-state index contributed by atoms with van der Waals surface area (Å²) in [6.07, 6.45) is 3.17. The van der Waals surface area contributed by atoms with Gasteiger partial charge in [-0.15, -0.1) is 11.6 Å². The summed E-state index contributed by atoms with van der Waals surface area (Å²) in [6.45, 7) is 9.96. The Labute approximate surface area is 98.9 Å². The standard InChI is InChI=1S/C12H24ClNO/c1-10(2)5-4-6-14-8-11(3)15-12(7-13)9-14/h10-12H,4-9H2,1-3H3. The molecule has 2 unspecified atom stereocenters. The van der Waals surface area contributed by atoms with E-state index in [1.54, 1.807) is 0 Å². The van der Waals surface area contributed by atoms with Crippen molar-refractivity contribution >= 4 is 11.6 Å². The van der Waals surface area contributed by atoms with Crippen LogP contribution in [-0.2, 0) is 4.74 Å². The first-order valence-corrected chi connectivity index (χ1v) is 6.59. The molecule has 0 aliphatic carbocycles. The van der Waals surface area contributed by atoms with Gasteiger partial charge >= 0.3 is 0 Å². The summed E-state index contributed by atoms with van der Waals surface area (Å²) >= 11 is 5.84. The van der Waals surface area contributed by atoms with Crippen LogP contribution >= 0.6 is 11.6 Å². The van der Waals surface area contributed by atoms with E-state index in [9.17, 15) is 0 Å². The van der Waals surface area contributed by atoms with E-state index in [2.05, 4.69) is 25.7 Å². The molecule has 1 saturated heterocycles. The zero-order valence-electron chi connectivity index (χ0n) is 10.2. The lowest BCUT2D eigenvalue weighted by molar-refractivity contribution is -0.0666. The molecule has 2 atom stereocenters. The van der Waals surface area contributed by atoms with E-state index in [1.165, 1.54) is 19.4 Å². The van der Waals surface area contributed by atoms with Gasteiger partial charge in [-0.1, -0.05) is 13.8 Å². The number of nitrogens with zero attached hydrogens (tertiary/aromatic N) is 1. The van der Waals surface area contributed by atoms with E-state index in [0.717, 1.165) is 19.0 Å². The summed E-state index contributed by atoms with van der Waals surface area (Å²) in [5.41, 5.74) is 0. The molecule has 3 heteroatoms. The summed E-state index contributed by atoms with van der Waals surface area (Å²) in [5, 5.41) is 0. The zero-order valence-corrected chi connectivity index (χ0v) is 11.0. The van der Waals surface area contributed by atoms with Crippen LogP contribution in [0.4, 0.5) is 0 Å². The molecule has 0 amide bonds. The fraction of sp³-hybridized carbons (Fsp3) is 1.00. The van der Waals surface area contributed by atoms with Crippen LogP contribution in [0.1, 0.15) is 33.6 Å². The van der Waals surface area contributed by atoms with Gasteiger partial charge in [0.25, 0.3) is 0 Å². The maximum Gasteiger partial charge on any atom is 0.0841 e. The molecule has 1 heterocycles. The van der Waals surface area contributed by atoms with Gasteiger partial charge < -0.3 is 4.74 Å². The monoisotopic (exact) mass is 233 g/mol. The third kappa shape index (κ3) is 5.19. The Bertz CT molecular complexity index is 175. The third-order valence-electron chi connectivity index (χ3n) is 2.83. The second-order valence-electron chi connectivity index (χ2n) is 5.02. The Morgan fingerprint density at radius 2 is 2.13 bits per heavy atom. The number of ether oxygens (including phenoxy) is 1. The lowest BCUT2D eigenvalue weighted by atomic mass is 10.1. The van der Waals surface area contributed by atoms with Gasteiger partial charge in [0.05, 0.1) is 12.2 Å². The number of alkyl halides is 1. The van der Waals surface area contributed by atoms with Crippen LogP contribution in [0.3, 0.4) is 0 Å². The minimum absolute atomic E-state index is 0.231. The van der Waals surface area contributed by atoms with Crippen LogP contribution in [0, 0.1) is 5.92 Å². The highest BCUT2D eigenvalue weighted by molar-refractivity contribution is 6.18. The normalized spacial score (nSPS) is 28.6. The van der Waals surface area contributed by atoms with E-state index >= 15 is 0 Å². The van der Waals surface area contributed by atoms with Crippen molar-refractivity contribution < 1.29 is 4.74 Å². The van der Waals surface area contributed by atoms with E-state index in [1.807, 2.05) is 0 Å². The molecule has 0 saturated carbocycles. The molecule has 0 aromatic heterocycles. The van der Waals surface area contributed by atoms with Gasteiger partial charge in [-0.3, -0.25) is 4.90 Å². The summed E-state index contributed by atoms with van der Waals surface area (Å²) in [7, 11) is 0. The van der Waals surface area contributed by atoms with Gasteiger partial charge in [0, 0.05) is 19.0 Å². The molecule has 0 aromatic rings. The number of halogens is 1. The van der Waals surface area contributed by atoms with Crippen molar-refractivity contribution in [3.8, 4) is 0 Å². The molecule has 0 spiro atoms. The summed E-state index contributed by atoms with van der Waals surface area (Å²) in [4.78, 5) is 2.49. The molecule has 0 N–H and O–H groups in total. The van der Waals surface area contributed by atoms with Crippen molar-refractivity contribution in [3.05, 3.63) is 0 Å². The predicted octanol–water partition coefficient (Wildman–Crippen LogP) is 2.75. The van der Waals surface area contributed by atoms with Gasteiger partial charge in [0.2, 0.25) is 0 Å². The SMILES string of the molecule is CC(C)CCCN1CC(C)OC(CCl)C1. The predicted molar refractivity (Wildman–Crippen MR) is 65.6 cm³/mol. The first kappa shape index (κ1) is 13.3. The Morgan fingerprint density at radius 3 is 2.73 bits per heavy atom. The average Bonchev–Trinajstić information content (AvgIpc) is 2.16. The van der Waals surface area contributed by atoms with Crippen molar-refractivity contribution in [1.82, 2.24) is 4.90 Å². The van der Waals surface area contributed by atoms with E-state index < -0.39 is 0 Å². The molecule has 1 aliphatic heterocycles. The Morgan fingerprint density at radius 1 is 1.40 bits per heavy atom. The molecule has 0 aromatic carbocycles. The lowest BCUT2D eigenvalue weighted by Crippen LogP contribution is -2.47. The molecule has 1 rings (SSSR count). The molecule has 0 radical (unpaired) electrons. The van der Waals surface area contributed by atoms with Crippen LogP contribution in [-0.4, -0.2) is 42.6 Å². The van der Waals surface area contributed by atoms with Gasteiger partial charge in [-0.25, -0.2) is 0 Å². The Kier molecular flexibility index (Phi) is 5.95. The molecular weight excluding hydrogens is 210 g/mol. The highest BCUT2D eigenvalue weighted by atomic mass is 35.5. The smallest absolute Gasteiger partial charge is 0.0841 e. The van der Waals surface area contributed by atoms with Gasteiger partial charge in [0.1, 0.15) is 0 Å². The van der Waals surface area contributed by atoms with Crippen molar-refractivity contribution in [2.24, 2.45) is 5.92 Å². The molecule has 1 fully saturated rings. The van der Waals surface area contributed by atoms with Crippen molar-refractivity contribution in [3.63, 3.8) is 0 Å².